The molecule has 4 amide bonds. The second-order valence-corrected chi connectivity index (χ2v) is 13.0. The fraction of sp³-hybridized carbons (Fsp3) is 0.543. The number of rotatable bonds is 16. The number of nitrogens with one attached hydrogen (secondary N) is 3. The molecule has 0 radical (unpaired) electrons. The Bertz CT molecular complexity index is 1430. The summed E-state index contributed by atoms with van der Waals surface area (Å²) in [7, 11) is 0. The summed E-state index contributed by atoms with van der Waals surface area (Å²) >= 11 is 0. The molecule has 1 aliphatic heterocycles. The number of nitrogens with zero attached hydrogens (tertiary/aromatic N) is 3. The molecule has 13 nitrogen and oxygen atoms in total. The van der Waals surface area contributed by atoms with Crippen molar-refractivity contribution in [1.82, 2.24) is 30.8 Å². The summed E-state index contributed by atoms with van der Waals surface area (Å²) in [6.07, 6.45) is 3.91. The van der Waals surface area contributed by atoms with Crippen LogP contribution in [0.3, 0.4) is 0 Å². The van der Waals surface area contributed by atoms with E-state index in [4.69, 9.17) is 4.74 Å². The number of Topliss-reactive ketones (excluding diaryl/α,β-unsaturated/α-hetero) is 2. The van der Waals surface area contributed by atoms with Gasteiger partial charge in [-0.25, -0.2) is 4.98 Å². The van der Waals surface area contributed by atoms with E-state index in [2.05, 4.69) is 25.9 Å². The maximum atomic E-state index is 14.2. The van der Waals surface area contributed by atoms with Crippen LogP contribution in [-0.4, -0.2) is 86.9 Å². The number of carbonyl (C=O) groups excluding carboxylic acids is 6. The van der Waals surface area contributed by atoms with E-state index in [-0.39, 0.29) is 37.6 Å². The number of ketones is 2. The lowest BCUT2D eigenvalue weighted by Crippen LogP contribution is -2.59. The molecule has 1 aromatic heterocycles. The number of likely N-dealkylation sites (tertiary alicyclic amines) is 1. The molecule has 48 heavy (non-hydrogen) atoms. The lowest BCUT2D eigenvalue weighted by molar-refractivity contribution is -0.144. The number of hydrogen-bond donors (Lipinski definition) is 3. The van der Waals surface area contributed by atoms with Crippen LogP contribution in [0.25, 0.3) is 0 Å². The Hall–Kier alpha value is -4.52. The number of benzene rings is 1. The highest BCUT2D eigenvalue weighted by atomic mass is 16.5. The minimum Gasteiger partial charge on any atom is -0.372 e. The first-order valence-electron chi connectivity index (χ1n) is 16.5. The minimum absolute atomic E-state index is 0.0406. The van der Waals surface area contributed by atoms with Gasteiger partial charge in [-0.3, -0.25) is 33.8 Å². The molecule has 3 rings (SSSR count). The van der Waals surface area contributed by atoms with Crippen molar-refractivity contribution in [3.8, 4) is 0 Å². The molecule has 0 aliphatic carbocycles. The van der Waals surface area contributed by atoms with Crippen LogP contribution in [0.5, 0.6) is 0 Å². The smallest absolute Gasteiger partial charge is 0.272 e. The summed E-state index contributed by atoms with van der Waals surface area (Å²) in [6, 6.07) is 5.35. The van der Waals surface area contributed by atoms with Crippen molar-refractivity contribution in [2.75, 3.05) is 6.54 Å². The molecular weight excluding hydrogens is 616 g/mol. The van der Waals surface area contributed by atoms with Crippen LogP contribution in [0.4, 0.5) is 0 Å². The van der Waals surface area contributed by atoms with Crippen LogP contribution in [0.15, 0.2) is 48.9 Å². The zero-order valence-corrected chi connectivity index (χ0v) is 28.8. The van der Waals surface area contributed by atoms with Gasteiger partial charge in [-0.05, 0) is 23.8 Å². The fourth-order valence-electron chi connectivity index (χ4n) is 5.38. The number of amides is 4. The van der Waals surface area contributed by atoms with Crippen molar-refractivity contribution in [2.45, 2.75) is 98.2 Å². The number of ether oxygens (including phenoxy) is 1. The van der Waals surface area contributed by atoms with Crippen LogP contribution in [0.2, 0.25) is 0 Å². The van der Waals surface area contributed by atoms with Crippen LogP contribution >= 0.6 is 0 Å². The maximum Gasteiger partial charge on any atom is 0.272 e. The van der Waals surface area contributed by atoms with Crippen LogP contribution in [-0.2, 0) is 35.3 Å². The van der Waals surface area contributed by atoms with E-state index >= 15 is 0 Å². The molecule has 5 atom stereocenters. The monoisotopic (exact) mass is 664 g/mol. The van der Waals surface area contributed by atoms with Gasteiger partial charge >= 0.3 is 0 Å². The molecule has 1 fully saturated rings. The Labute approximate surface area is 282 Å². The molecule has 260 valence electrons. The summed E-state index contributed by atoms with van der Waals surface area (Å²) in [6.45, 7) is 12.3. The average Bonchev–Trinajstić information content (AvgIpc) is 3.51. The first-order chi connectivity index (χ1) is 22.7. The molecule has 1 aromatic carbocycles. The Morgan fingerprint density at radius 2 is 1.54 bits per heavy atom. The van der Waals surface area contributed by atoms with Gasteiger partial charge in [-0.15, -0.1) is 0 Å². The van der Waals surface area contributed by atoms with E-state index in [1.54, 1.807) is 48.5 Å². The lowest BCUT2D eigenvalue weighted by atomic mass is 9.97. The predicted octanol–water partition coefficient (Wildman–Crippen LogP) is 2.25. The van der Waals surface area contributed by atoms with Crippen molar-refractivity contribution in [3.05, 3.63) is 60.2 Å². The average molecular weight is 665 g/mol. The quantitative estimate of drug-likeness (QED) is 0.227. The molecule has 0 bridgehead atoms. The molecule has 2 heterocycles. The van der Waals surface area contributed by atoms with E-state index in [0.29, 0.717) is 0 Å². The first-order valence-corrected chi connectivity index (χ1v) is 16.5. The summed E-state index contributed by atoms with van der Waals surface area (Å²) in [5, 5.41) is 8.19. The molecule has 0 spiro atoms. The zero-order valence-electron chi connectivity index (χ0n) is 28.8. The largest absolute Gasteiger partial charge is 0.372 e. The third-order valence-corrected chi connectivity index (χ3v) is 8.25. The Morgan fingerprint density at radius 1 is 0.875 bits per heavy atom. The standard InChI is InChI=1S/C35H48N6O7/c1-8-25(31(43)30(42)22(6)7)38-33(45)27-16-24(48-19-23-12-10-9-11-13-23)18-41(27)35(47)29(21(4)5)40-34(46)28(20(2)3)39-32(44)26-17-36-14-15-37-26/h9-15,17,20-22,24-25,27-29H,8,16,18-19H2,1-7H3,(H,38,45)(H,39,44)(H,40,46)/t24-,25+,27+,28-,29-/m1/s1. The summed E-state index contributed by atoms with van der Waals surface area (Å²) in [4.78, 5) is 88.9. The molecule has 1 saturated heterocycles. The van der Waals surface area contributed by atoms with Crippen molar-refractivity contribution in [3.63, 3.8) is 0 Å². The van der Waals surface area contributed by atoms with Gasteiger partial charge in [0.1, 0.15) is 23.8 Å². The number of carbonyl (C=O) groups is 6. The molecule has 3 N–H and O–H groups in total. The maximum absolute atomic E-state index is 14.2. The molecule has 13 heteroatoms. The predicted molar refractivity (Wildman–Crippen MR) is 177 cm³/mol. The van der Waals surface area contributed by atoms with Crippen molar-refractivity contribution >= 4 is 35.2 Å². The molecule has 1 aliphatic rings. The summed E-state index contributed by atoms with van der Waals surface area (Å²) in [5.41, 5.74) is 0.960. The van der Waals surface area contributed by atoms with Gasteiger partial charge in [0, 0.05) is 31.3 Å². The van der Waals surface area contributed by atoms with Gasteiger partial charge in [-0.2, -0.15) is 0 Å². The van der Waals surface area contributed by atoms with E-state index in [1.165, 1.54) is 23.5 Å². The van der Waals surface area contributed by atoms with Crippen LogP contribution in [0, 0.1) is 17.8 Å². The van der Waals surface area contributed by atoms with Crippen molar-refractivity contribution < 1.29 is 33.5 Å². The van der Waals surface area contributed by atoms with Crippen LogP contribution < -0.4 is 16.0 Å². The Kier molecular flexibility index (Phi) is 13.9. The topological polar surface area (TPSA) is 177 Å². The molecule has 2 aromatic rings. The molecule has 0 unspecified atom stereocenters. The highest BCUT2D eigenvalue weighted by Crippen LogP contribution is 2.25. The van der Waals surface area contributed by atoms with Crippen molar-refractivity contribution in [1.29, 1.82) is 0 Å². The van der Waals surface area contributed by atoms with Gasteiger partial charge in [0.05, 0.1) is 24.9 Å². The lowest BCUT2D eigenvalue weighted by Gasteiger charge is -2.32. The third kappa shape index (κ3) is 9.99. The van der Waals surface area contributed by atoms with E-state index in [9.17, 15) is 28.8 Å². The Balaban J connectivity index is 1.84. The van der Waals surface area contributed by atoms with Gasteiger partial charge < -0.3 is 25.6 Å². The van der Waals surface area contributed by atoms with Gasteiger partial charge in [0.2, 0.25) is 29.3 Å². The fourth-order valence-corrected chi connectivity index (χ4v) is 5.38. The second kappa shape index (κ2) is 17.6. The van der Waals surface area contributed by atoms with Gasteiger partial charge in [0.15, 0.2) is 0 Å². The first kappa shape index (κ1) is 37.9. The van der Waals surface area contributed by atoms with E-state index in [1.807, 2.05) is 30.3 Å². The molecule has 0 saturated carbocycles. The van der Waals surface area contributed by atoms with E-state index in [0.717, 1.165) is 5.56 Å². The third-order valence-electron chi connectivity index (χ3n) is 8.25. The highest BCUT2D eigenvalue weighted by Gasteiger charge is 2.44. The van der Waals surface area contributed by atoms with Gasteiger partial charge in [0.25, 0.3) is 5.91 Å². The van der Waals surface area contributed by atoms with E-state index < -0.39 is 77.3 Å². The highest BCUT2D eigenvalue weighted by molar-refractivity contribution is 6.40. The SMILES string of the molecule is CC[C@H](NC(=O)[C@@H]1C[C@@H](OCc2ccccc2)CN1C(=O)[C@H](NC(=O)[C@H](NC(=O)c1cnccn1)C(C)C)C(C)C)C(=O)C(=O)C(C)C. The summed E-state index contributed by atoms with van der Waals surface area (Å²) < 4.78 is 6.13. The molecular formula is C35H48N6O7. The minimum atomic E-state index is -1.05. The normalized spacial score (nSPS) is 17.9. The Morgan fingerprint density at radius 3 is 2.10 bits per heavy atom. The van der Waals surface area contributed by atoms with Crippen LogP contribution in [0.1, 0.15) is 77.4 Å². The second-order valence-electron chi connectivity index (χ2n) is 13.0. The van der Waals surface area contributed by atoms with Gasteiger partial charge in [-0.1, -0.05) is 78.8 Å². The zero-order chi connectivity index (χ0) is 35.5. The number of hydrogen-bond acceptors (Lipinski definition) is 9. The van der Waals surface area contributed by atoms with Crippen molar-refractivity contribution in [2.24, 2.45) is 17.8 Å². The number of aromatic nitrogens is 2. The summed E-state index contributed by atoms with van der Waals surface area (Å²) in [5.74, 6) is -4.80.